The molecule has 2 aromatic carbocycles. The number of aryl methyl sites for hydroxylation is 3. The second-order valence-corrected chi connectivity index (χ2v) is 6.69. The maximum atomic E-state index is 13.0. The summed E-state index contributed by atoms with van der Waals surface area (Å²) in [5.41, 5.74) is 4.11. The van der Waals surface area contributed by atoms with Crippen molar-refractivity contribution in [3.05, 3.63) is 66.2 Å². The third kappa shape index (κ3) is 3.07. The van der Waals surface area contributed by atoms with Crippen LogP contribution in [0.5, 0.6) is 0 Å². The molecule has 0 bridgehead atoms. The van der Waals surface area contributed by atoms with Crippen molar-refractivity contribution in [1.82, 2.24) is 19.1 Å². The summed E-state index contributed by atoms with van der Waals surface area (Å²) in [6.45, 7) is 5.09. The Bertz CT molecular complexity index is 1150. The highest BCUT2D eigenvalue weighted by Crippen LogP contribution is 2.24. The molecule has 1 N–H and O–H groups in total. The van der Waals surface area contributed by atoms with Gasteiger partial charge >= 0.3 is 0 Å². The van der Waals surface area contributed by atoms with Crippen LogP contribution >= 0.6 is 0 Å². The molecule has 0 spiro atoms. The molecule has 0 saturated heterocycles. The number of aromatic nitrogens is 4. The van der Waals surface area contributed by atoms with Gasteiger partial charge in [0.1, 0.15) is 11.6 Å². The van der Waals surface area contributed by atoms with Crippen LogP contribution in [0.15, 0.2) is 54.9 Å². The van der Waals surface area contributed by atoms with Crippen LogP contribution in [0.3, 0.4) is 0 Å². The van der Waals surface area contributed by atoms with Crippen molar-refractivity contribution in [3.8, 4) is 11.4 Å². The fourth-order valence-corrected chi connectivity index (χ4v) is 3.58. The number of hydrogen-bond donors (Lipinski definition) is 1. The molecular weight excluding hydrogens is 350 g/mol. The Balaban J connectivity index is 1.67. The Morgan fingerprint density at radius 3 is 2.68 bits per heavy atom. The van der Waals surface area contributed by atoms with Gasteiger partial charge in [-0.15, -0.1) is 0 Å². The number of anilines is 1. The van der Waals surface area contributed by atoms with Crippen LogP contribution in [0.2, 0.25) is 0 Å². The van der Waals surface area contributed by atoms with Crippen LogP contribution in [-0.4, -0.2) is 25.0 Å². The van der Waals surface area contributed by atoms with Gasteiger partial charge in [-0.3, -0.25) is 4.79 Å². The summed E-state index contributed by atoms with van der Waals surface area (Å²) in [5.74, 6) is 1.65. The molecule has 6 nitrogen and oxygen atoms in total. The highest BCUT2D eigenvalue weighted by Gasteiger charge is 2.16. The standard InChI is InChI=1S/C22H23N5O/c1-4-20-25-18-14-15(10-11-19(18)27(20)5-2)24-22(28)17-9-7-6-8-16(17)21-23-12-13-26(21)3/h6-14H,4-5H2,1-3H3,(H,24,28). The Morgan fingerprint density at radius 1 is 1.14 bits per heavy atom. The minimum absolute atomic E-state index is 0.163. The van der Waals surface area contributed by atoms with Crippen LogP contribution in [0.1, 0.15) is 30.0 Å². The maximum absolute atomic E-state index is 13.0. The maximum Gasteiger partial charge on any atom is 0.256 e. The smallest absolute Gasteiger partial charge is 0.256 e. The van der Waals surface area contributed by atoms with E-state index in [1.807, 2.05) is 60.3 Å². The van der Waals surface area contributed by atoms with Gasteiger partial charge in [-0.25, -0.2) is 9.97 Å². The quantitative estimate of drug-likeness (QED) is 0.568. The van der Waals surface area contributed by atoms with Gasteiger partial charge in [0.05, 0.1) is 16.6 Å². The van der Waals surface area contributed by atoms with E-state index >= 15 is 0 Å². The molecule has 142 valence electrons. The molecule has 0 aliphatic rings. The van der Waals surface area contributed by atoms with Gasteiger partial charge in [-0.05, 0) is 31.2 Å². The molecule has 6 heteroatoms. The molecule has 0 aliphatic carbocycles. The van der Waals surface area contributed by atoms with Crippen LogP contribution in [-0.2, 0) is 20.0 Å². The molecular formula is C22H23N5O. The number of nitrogens with zero attached hydrogens (tertiary/aromatic N) is 4. The number of benzene rings is 2. The van der Waals surface area contributed by atoms with Crippen LogP contribution < -0.4 is 5.32 Å². The number of imidazole rings is 2. The number of nitrogens with one attached hydrogen (secondary N) is 1. The number of carbonyl (C=O) groups is 1. The van der Waals surface area contributed by atoms with E-state index in [0.29, 0.717) is 5.56 Å². The first-order valence-electron chi connectivity index (χ1n) is 9.49. The predicted octanol–water partition coefficient (Wildman–Crippen LogP) is 4.27. The molecule has 4 aromatic rings. The topological polar surface area (TPSA) is 64.7 Å². The highest BCUT2D eigenvalue weighted by molar-refractivity contribution is 6.08. The fourth-order valence-electron chi connectivity index (χ4n) is 3.58. The first-order valence-corrected chi connectivity index (χ1v) is 9.49. The average molecular weight is 373 g/mol. The van der Waals surface area contributed by atoms with Gasteiger partial charge in [-0.2, -0.15) is 0 Å². The minimum Gasteiger partial charge on any atom is -0.334 e. The SMILES string of the molecule is CCc1nc2cc(NC(=O)c3ccccc3-c3nccn3C)ccc2n1CC. The van der Waals surface area contributed by atoms with E-state index in [0.717, 1.165) is 46.9 Å². The van der Waals surface area contributed by atoms with Crippen molar-refractivity contribution in [2.24, 2.45) is 7.05 Å². The molecule has 0 unspecified atom stereocenters. The molecule has 1 amide bonds. The number of rotatable bonds is 5. The van der Waals surface area contributed by atoms with Gasteiger partial charge in [0.2, 0.25) is 0 Å². The van der Waals surface area contributed by atoms with Crippen LogP contribution in [0.4, 0.5) is 5.69 Å². The average Bonchev–Trinajstić information content (AvgIpc) is 3.30. The van der Waals surface area contributed by atoms with Gasteiger partial charge in [0.25, 0.3) is 5.91 Å². The van der Waals surface area contributed by atoms with Crippen molar-refractivity contribution in [1.29, 1.82) is 0 Å². The number of hydrogen-bond acceptors (Lipinski definition) is 3. The van der Waals surface area contributed by atoms with Gasteiger partial charge in [0, 0.05) is 43.7 Å². The van der Waals surface area contributed by atoms with E-state index in [-0.39, 0.29) is 5.91 Å². The molecule has 0 fully saturated rings. The van der Waals surface area contributed by atoms with E-state index in [2.05, 4.69) is 28.7 Å². The zero-order valence-corrected chi connectivity index (χ0v) is 16.3. The third-order valence-corrected chi connectivity index (χ3v) is 4.95. The van der Waals surface area contributed by atoms with Gasteiger partial charge in [-0.1, -0.05) is 25.1 Å². The van der Waals surface area contributed by atoms with Crippen LogP contribution in [0, 0.1) is 0 Å². The molecule has 0 saturated carbocycles. The second-order valence-electron chi connectivity index (χ2n) is 6.69. The summed E-state index contributed by atoms with van der Waals surface area (Å²) in [6.07, 6.45) is 4.47. The molecule has 2 heterocycles. The Hall–Kier alpha value is -3.41. The Morgan fingerprint density at radius 2 is 1.96 bits per heavy atom. The normalized spacial score (nSPS) is 11.1. The van der Waals surface area contributed by atoms with E-state index < -0.39 is 0 Å². The van der Waals surface area contributed by atoms with Crippen molar-refractivity contribution >= 4 is 22.6 Å². The molecule has 0 radical (unpaired) electrons. The molecule has 0 atom stereocenters. The van der Waals surface area contributed by atoms with E-state index in [9.17, 15) is 4.79 Å². The lowest BCUT2D eigenvalue weighted by atomic mass is 10.1. The Labute approximate surface area is 163 Å². The number of fused-ring (bicyclic) bond motifs is 1. The Kier molecular flexibility index (Phi) is 4.69. The number of amides is 1. The first-order chi connectivity index (χ1) is 13.6. The first kappa shape index (κ1) is 18.0. The lowest BCUT2D eigenvalue weighted by Crippen LogP contribution is -2.13. The monoisotopic (exact) mass is 373 g/mol. The number of carbonyl (C=O) groups excluding carboxylic acids is 1. The molecule has 4 rings (SSSR count). The van der Waals surface area contributed by atoms with Crippen molar-refractivity contribution < 1.29 is 4.79 Å². The summed E-state index contributed by atoms with van der Waals surface area (Å²) < 4.78 is 4.11. The summed E-state index contributed by atoms with van der Waals surface area (Å²) in [7, 11) is 1.92. The zero-order valence-electron chi connectivity index (χ0n) is 16.3. The van der Waals surface area contributed by atoms with Gasteiger partial charge in [0.15, 0.2) is 0 Å². The third-order valence-electron chi connectivity index (χ3n) is 4.95. The lowest BCUT2D eigenvalue weighted by molar-refractivity contribution is 0.102. The fraction of sp³-hybridized carbons (Fsp3) is 0.227. The second kappa shape index (κ2) is 7.31. The van der Waals surface area contributed by atoms with E-state index in [4.69, 9.17) is 4.98 Å². The molecule has 2 aromatic heterocycles. The summed E-state index contributed by atoms with van der Waals surface area (Å²) in [6, 6.07) is 13.4. The largest absolute Gasteiger partial charge is 0.334 e. The van der Waals surface area contributed by atoms with E-state index in [1.165, 1.54) is 0 Å². The van der Waals surface area contributed by atoms with Crippen molar-refractivity contribution in [2.75, 3.05) is 5.32 Å². The highest BCUT2D eigenvalue weighted by atomic mass is 16.1. The van der Waals surface area contributed by atoms with Crippen LogP contribution in [0.25, 0.3) is 22.4 Å². The summed E-state index contributed by atoms with van der Waals surface area (Å²) in [4.78, 5) is 22.1. The van der Waals surface area contributed by atoms with E-state index in [1.54, 1.807) is 6.20 Å². The van der Waals surface area contributed by atoms with Crippen molar-refractivity contribution in [2.45, 2.75) is 26.8 Å². The zero-order chi connectivity index (χ0) is 19.7. The molecule has 28 heavy (non-hydrogen) atoms. The summed E-state index contributed by atoms with van der Waals surface area (Å²) in [5, 5.41) is 3.01. The van der Waals surface area contributed by atoms with Crippen molar-refractivity contribution in [3.63, 3.8) is 0 Å². The molecule has 0 aliphatic heterocycles. The summed E-state index contributed by atoms with van der Waals surface area (Å²) >= 11 is 0. The predicted molar refractivity (Wildman–Crippen MR) is 111 cm³/mol. The minimum atomic E-state index is -0.163. The lowest BCUT2D eigenvalue weighted by Gasteiger charge is -2.10. The van der Waals surface area contributed by atoms with Gasteiger partial charge < -0.3 is 14.5 Å².